The molecule has 82 valence electrons. The van der Waals surface area contributed by atoms with Gasteiger partial charge in [0.05, 0.1) is 6.61 Å². The minimum Gasteiger partial charge on any atom is -0.480 e. The highest BCUT2D eigenvalue weighted by atomic mass is 16.5. The number of hydrogen-bond acceptors (Lipinski definition) is 3. The molecule has 0 aromatic rings. The number of rotatable bonds is 5. The number of carbonyl (C=O) groups is 2. The van der Waals surface area contributed by atoms with Gasteiger partial charge in [-0.2, -0.15) is 0 Å². The maximum absolute atomic E-state index is 10.9. The average Bonchev–Trinajstić information content (AvgIpc) is 2.02. The molecule has 0 aromatic carbocycles. The Balaban J connectivity index is 3.60. The first kappa shape index (κ1) is 12.7. The van der Waals surface area contributed by atoms with Crippen molar-refractivity contribution >= 4 is 12.1 Å². The number of carboxylic acids is 1. The second kappa shape index (κ2) is 6.23. The van der Waals surface area contributed by atoms with E-state index in [9.17, 15) is 9.59 Å². The van der Waals surface area contributed by atoms with Crippen LogP contribution in [0, 0.1) is 5.92 Å². The van der Waals surface area contributed by atoms with Crippen LogP contribution in [0.2, 0.25) is 0 Å². The van der Waals surface area contributed by atoms with Crippen molar-refractivity contribution in [1.82, 2.24) is 5.32 Å². The maximum Gasteiger partial charge on any atom is 0.407 e. The minimum atomic E-state index is -1.08. The first-order valence-electron chi connectivity index (χ1n) is 4.59. The van der Waals surface area contributed by atoms with Crippen LogP contribution in [0.15, 0.2) is 0 Å². The van der Waals surface area contributed by atoms with Crippen molar-refractivity contribution in [1.29, 1.82) is 0 Å². The number of carbonyl (C=O) groups excluding carboxylic acids is 1. The van der Waals surface area contributed by atoms with Crippen molar-refractivity contribution in [3.05, 3.63) is 0 Å². The smallest absolute Gasteiger partial charge is 0.407 e. The molecule has 5 heteroatoms. The van der Waals surface area contributed by atoms with Crippen molar-refractivity contribution in [2.24, 2.45) is 5.92 Å². The van der Waals surface area contributed by atoms with Crippen LogP contribution in [-0.4, -0.2) is 29.8 Å². The molecule has 0 bridgehead atoms. The summed E-state index contributed by atoms with van der Waals surface area (Å²) in [6.07, 6.45) is 0.0926. The van der Waals surface area contributed by atoms with Crippen molar-refractivity contribution in [3.8, 4) is 0 Å². The Hall–Kier alpha value is -1.26. The molecule has 0 rings (SSSR count). The molecule has 0 heterocycles. The number of nitrogens with one attached hydrogen (secondary N) is 1. The van der Waals surface area contributed by atoms with Gasteiger partial charge < -0.3 is 15.2 Å². The predicted octanol–water partition coefficient (Wildman–Crippen LogP) is 1.23. The molecule has 0 aliphatic rings. The summed E-state index contributed by atoms with van der Waals surface area (Å²) >= 11 is 0. The van der Waals surface area contributed by atoms with Gasteiger partial charge in [-0.25, -0.2) is 4.79 Å². The number of aliphatic carboxylic acids is 1. The lowest BCUT2D eigenvalue weighted by molar-refractivity contribution is -0.138. The SMILES string of the molecule is CC(C)CCOC(=O)NC(C)C(=O)O. The second-order valence-electron chi connectivity index (χ2n) is 3.52. The zero-order chi connectivity index (χ0) is 11.1. The molecule has 0 aromatic heterocycles. The number of carboxylic acid groups (broad SMARTS) is 1. The van der Waals surface area contributed by atoms with Gasteiger partial charge in [0.2, 0.25) is 0 Å². The molecule has 0 aliphatic carbocycles. The molecule has 14 heavy (non-hydrogen) atoms. The molecule has 1 amide bonds. The van der Waals surface area contributed by atoms with E-state index >= 15 is 0 Å². The van der Waals surface area contributed by atoms with Crippen LogP contribution >= 0.6 is 0 Å². The number of alkyl carbamates (subject to hydrolysis) is 1. The van der Waals surface area contributed by atoms with Crippen molar-refractivity contribution < 1.29 is 19.4 Å². The Morgan fingerprint density at radius 3 is 2.36 bits per heavy atom. The summed E-state index contributed by atoms with van der Waals surface area (Å²) in [5.41, 5.74) is 0. The van der Waals surface area contributed by atoms with Crippen LogP contribution in [0.1, 0.15) is 27.2 Å². The van der Waals surface area contributed by atoms with Gasteiger partial charge in [0, 0.05) is 0 Å². The molecular formula is C9H17NO4. The Morgan fingerprint density at radius 1 is 1.36 bits per heavy atom. The van der Waals surface area contributed by atoms with Gasteiger partial charge in [-0.15, -0.1) is 0 Å². The van der Waals surface area contributed by atoms with E-state index < -0.39 is 18.1 Å². The molecule has 0 saturated carbocycles. The third-order valence-electron chi connectivity index (χ3n) is 1.63. The van der Waals surface area contributed by atoms with E-state index in [2.05, 4.69) is 5.32 Å². The highest BCUT2D eigenvalue weighted by Crippen LogP contribution is 1.98. The summed E-state index contributed by atoms with van der Waals surface area (Å²) < 4.78 is 4.76. The largest absolute Gasteiger partial charge is 0.480 e. The highest BCUT2D eigenvalue weighted by molar-refractivity contribution is 5.79. The Bertz CT molecular complexity index is 203. The van der Waals surface area contributed by atoms with Crippen LogP contribution < -0.4 is 5.32 Å². The van der Waals surface area contributed by atoms with Gasteiger partial charge in [-0.1, -0.05) is 13.8 Å². The van der Waals surface area contributed by atoms with Gasteiger partial charge in [0.1, 0.15) is 6.04 Å². The summed E-state index contributed by atoms with van der Waals surface area (Å²) in [6, 6.07) is -0.915. The predicted molar refractivity (Wildman–Crippen MR) is 51.0 cm³/mol. The van der Waals surface area contributed by atoms with Crippen molar-refractivity contribution in [3.63, 3.8) is 0 Å². The maximum atomic E-state index is 10.9. The first-order chi connectivity index (χ1) is 6.43. The average molecular weight is 203 g/mol. The lowest BCUT2D eigenvalue weighted by atomic mass is 10.1. The summed E-state index contributed by atoms with van der Waals surface area (Å²) in [4.78, 5) is 21.3. The Kier molecular flexibility index (Phi) is 5.67. The summed E-state index contributed by atoms with van der Waals surface area (Å²) in [5.74, 6) is -0.620. The van der Waals surface area contributed by atoms with Gasteiger partial charge in [-0.3, -0.25) is 4.79 Å². The molecule has 0 saturated heterocycles. The lowest BCUT2D eigenvalue weighted by Gasteiger charge is -2.10. The van der Waals surface area contributed by atoms with Crippen LogP contribution in [0.25, 0.3) is 0 Å². The fourth-order valence-electron chi connectivity index (χ4n) is 0.668. The van der Waals surface area contributed by atoms with Crippen LogP contribution in [-0.2, 0) is 9.53 Å². The van der Waals surface area contributed by atoms with E-state index in [4.69, 9.17) is 9.84 Å². The summed E-state index contributed by atoms with van der Waals surface area (Å²) in [7, 11) is 0. The third-order valence-corrected chi connectivity index (χ3v) is 1.63. The summed E-state index contributed by atoms with van der Waals surface area (Å²) in [5, 5.41) is 10.7. The Labute approximate surface area is 83.4 Å². The van der Waals surface area contributed by atoms with Gasteiger partial charge in [-0.05, 0) is 19.3 Å². The van der Waals surface area contributed by atoms with Crippen molar-refractivity contribution in [2.75, 3.05) is 6.61 Å². The number of ether oxygens (including phenoxy) is 1. The zero-order valence-electron chi connectivity index (χ0n) is 8.74. The monoisotopic (exact) mass is 203 g/mol. The fourth-order valence-corrected chi connectivity index (χ4v) is 0.668. The van der Waals surface area contributed by atoms with E-state index in [1.54, 1.807) is 0 Å². The molecular weight excluding hydrogens is 186 g/mol. The van der Waals surface area contributed by atoms with E-state index in [0.29, 0.717) is 12.5 Å². The van der Waals surface area contributed by atoms with E-state index in [1.807, 2.05) is 13.8 Å². The van der Waals surface area contributed by atoms with Crippen LogP contribution in [0.4, 0.5) is 4.79 Å². The Morgan fingerprint density at radius 2 is 1.93 bits per heavy atom. The molecule has 0 radical (unpaired) electrons. The van der Waals surface area contributed by atoms with Crippen LogP contribution in [0.5, 0.6) is 0 Å². The van der Waals surface area contributed by atoms with E-state index in [-0.39, 0.29) is 0 Å². The minimum absolute atomic E-state index is 0.315. The molecule has 1 unspecified atom stereocenters. The molecule has 5 nitrogen and oxygen atoms in total. The van der Waals surface area contributed by atoms with E-state index in [1.165, 1.54) is 6.92 Å². The zero-order valence-corrected chi connectivity index (χ0v) is 8.74. The molecule has 0 aliphatic heterocycles. The normalized spacial score (nSPS) is 12.3. The van der Waals surface area contributed by atoms with Crippen molar-refractivity contribution in [2.45, 2.75) is 33.2 Å². The van der Waals surface area contributed by atoms with E-state index in [0.717, 1.165) is 6.42 Å². The van der Waals surface area contributed by atoms with Gasteiger partial charge >= 0.3 is 12.1 Å². The number of amides is 1. The second-order valence-corrected chi connectivity index (χ2v) is 3.52. The lowest BCUT2D eigenvalue weighted by Crippen LogP contribution is -2.38. The van der Waals surface area contributed by atoms with Gasteiger partial charge in [0.15, 0.2) is 0 Å². The number of hydrogen-bond donors (Lipinski definition) is 2. The quantitative estimate of drug-likeness (QED) is 0.704. The molecule has 0 fully saturated rings. The van der Waals surface area contributed by atoms with Crippen LogP contribution in [0.3, 0.4) is 0 Å². The molecule has 2 N–H and O–H groups in total. The fraction of sp³-hybridized carbons (Fsp3) is 0.778. The highest BCUT2D eigenvalue weighted by Gasteiger charge is 2.14. The topological polar surface area (TPSA) is 75.6 Å². The summed E-state index contributed by atoms with van der Waals surface area (Å²) in [6.45, 7) is 5.73. The standard InChI is InChI=1S/C9H17NO4/c1-6(2)4-5-14-9(13)10-7(3)8(11)12/h6-7H,4-5H2,1-3H3,(H,10,13)(H,11,12). The van der Waals surface area contributed by atoms with Gasteiger partial charge in [0.25, 0.3) is 0 Å². The first-order valence-corrected chi connectivity index (χ1v) is 4.59. The molecule has 0 spiro atoms. The third kappa shape index (κ3) is 6.28. The molecule has 1 atom stereocenters.